The normalized spacial score (nSPS) is 11.6. The summed E-state index contributed by atoms with van der Waals surface area (Å²) in [4.78, 5) is 24.0. The summed E-state index contributed by atoms with van der Waals surface area (Å²) in [6, 6.07) is 18.6. The lowest BCUT2D eigenvalue weighted by molar-refractivity contribution is -0.155. The van der Waals surface area contributed by atoms with Gasteiger partial charge in [-0.3, -0.25) is 4.79 Å². The summed E-state index contributed by atoms with van der Waals surface area (Å²) < 4.78 is 23.1. The minimum absolute atomic E-state index is 0.335. The molecule has 0 unspecified atom stereocenters. The number of esters is 1. The SMILES string of the molecule is C[C@@H](OC(=O)COc1ccc(F)cc1)C(=O)Nc1ccc2ccccc2c1. The highest BCUT2D eigenvalue weighted by molar-refractivity contribution is 5.97. The highest BCUT2D eigenvalue weighted by atomic mass is 19.1. The largest absolute Gasteiger partial charge is 0.482 e. The topological polar surface area (TPSA) is 64.6 Å². The molecule has 1 amide bonds. The molecular weight excluding hydrogens is 349 g/mol. The number of rotatable bonds is 6. The van der Waals surface area contributed by atoms with E-state index in [1.54, 1.807) is 6.07 Å². The van der Waals surface area contributed by atoms with Crippen molar-refractivity contribution in [3.05, 3.63) is 72.5 Å². The van der Waals surface area contributed by atoms with E-state index in [-0.39, 0.29) is 6.61 Å². The Morgan fingerprint density at radius 2 is 1.70 bits per heavy atom. The van der Waals surface area contributed by atoms with E-state index in [9.17, 15) is 14.0 Å². The molecule has 3 aromatic rings. The van der Waals surface area contributed by atoms with Gasteiger partial charge in [-0.15, -0.1) is 0 Å². The molecule has 0 aliphatic rings. The molecule has 0 saturated carbocycles. The van der Waals surface area contributed by atoms with Crippen LogP contribution in [0.15, 0.2) is 66.7 Å². The maximum absolute atomic E-state index is 12.8. The minimum Gasteiger partial charge on any atom is -0.482 e. The Morgan fingerprint density at radius 1 is 1.00 bits per heavy atom. The average molecular weight is 367 g/mol. The molecule has 0 aliphatic carbocycles. The molecule has 3 aromatic carbocycles. The number of fused-ring (bicyclic) bond motifs is 1. The van der Waals surface area contributed by atoms with Gasteiger partial charge in [0, 0.05) is 5.69 Å². The Morgan fingerprint density at radius 3 is 2.44 bits per heavy atom. The third kappa shape index (κ3) is 5.04. The van der Waals surface area contributed by atoms with Crippen LogP contribution in [0.25, 0.3) is 10.8 Å². The van der Waals surface area contributed by atoms with Crippen molar-refractivity contribution in [3.63, 3.8) is 0 Å². The van der Waals surface area contributed by atoms with E-state index in [0.29, 0.717) is 11.4 Å². The van der Waals surface area contributed by atoms with Gasteiger partial charge in [-0.05, 0) is 54.1 Å². The molecule has 0 bridgehead atoms. The zero-order chi connectivity index (χ0) is 19.2. The first-order valence-corrected chi connectivity index (χ1v) is 8.39. The molecule has 0 radical (unpaired) electrons. The van der Waals surface area contributed by atoms with Crippen molar-refractivity contribution in [2.75, 3.05) is 11.9 Å². The quantitative estimate of drug-likeness (QED) is 0.671. The maximum atomic E-state index is 12.8. The van der Waals surface area contributed by atoms with Crippen molar-refractivity contribution < 1.29 is 23.5 Å². The van der Waals surface area contributed by atoms with Gasteiger partial charge in [0.25, 0.3) is 5.91 Å². The molecule has 1 N–H and O–H groups in total. The molecule has 0 fully saturated rings. The monoisotopic (exact) mass is 367 g/mol. The van der Waals surface area contributed by atoms with E-state index in [0.717, 1.165) is 10.8 Å². The van der Waals surface area contributed by atoms with Crippen molar-refractivity contribution in [1.82, 2.24) is 0 Å². The second-order valence-electron chi connectivity index (χ2n) is 5.93. The van der Waals surface area contributed by atoms with Crippen LogP contribution in [0.5, 0.6) is 5.75 Å². The van der Waals surface area contributed by atoms with Gasteiger partial charge < -0.3 is 14.8 Å². The van der Waals surface area contributed by atoms with Crippen LogP contribution in [0.2, 0.25) is 0 Å². The molecule has 138 valence electrons. The summed E-state index contributed by atoms with van der Waals surface area (Å²) in [5, 5.41) is 4.78. The number of anilines is 1. The Bertz CT molecular complexity index is 956. The Balaban J connectivity index is 1.51. The summed E-state index contributed by atoms with van der Waals surface area (Å²) in [5.41, 5.74) is 0.615. The third-order valence-electron chi connectivity index (χ3n) is 3.86. The Labute approximate surface area is 155 Å². The number of benzene rings is 3. The third-order valence-corrected chi connectivity index (χ3v) is 3.86. The van der Waals surface area contributed by atoms with Crippen molar-refractivity contribution >= 4 is 28.3 Å². The van der Waals surface area contributed by atoms with E-state index in [1.807, 2.05) is 36.4 Å². The first-order valence-electron chi connectivity index (χ1n) is 8.39. The Hall–Kier alpha value is -3.41. The smallest absolute Gasteiger partial charge is 0.344 e. The summed E-state index contributed by atoms with van der Waals surface area (Å²) in [5.74, 6) is -1.20. The molecule has 27 heavy (non-hydrogen) atoms. The van der Waals surface area contributed by atoms with Crippen LogP contribution in [0, 0.1) is 5.82 Å². The van der Waals surface area contributed by atoms with Gasteiger partial charge in [0.2, 0.25) is 0 Å². The fourth-order valence-corrected chi connectivity index (χ4v) is 2.47. The number of halogens is 1. The second kappa shape index (κ2) is 8.31. The fraction of sp³-hybridized carbons (Fsp3) is 0.143. The van der Waals surface area contributed by atoms with Crippen molar-refractivity contribution in [2.24, 2.45) is 0 Å². The predicted molar refractivity (Wildman–Crippen MR) is 100 cm³/mol. The van der Waals surface area contributed by atoms with E-state index >= 15 is 0 Å². The molecular formula is C21H18FNO4. The molecule has 5 nitrogen and oxygen atoms in total. The van der Waals surface area contributed by atoms with E-state index in [4.69, 9.17) is 9.47 Å². The number of carbonyl (C=O) groups is 2. The number of nitrogens with one attached hydrogen (secondary N) is 1. The van der Waals surface area contributed by atoms with E-state index in [1.165, 1.54) is 31.2 Å². The fourth-order valence-electron chi connectivity index (χ4n) is 2.47. The van der Waals surface area contributed by atoms with Crippen molar-refractivity contribution in [2.45, 2.75) is 13.0 Å². The number of hydrogen-bond donors (Lipinski definition) is 1. The van der Waals surface area contributed by atoms with Crippen molar-refractivity contribution in [1.29, 1.82) is 0 Å². The van der Waals surface area contributed by atoms with Gasteiger partial charge in [-0.25, -0.2) is 9.18 Å². The summed E-state index contributed by atoms with van der Waals surface area (Å²) in [6.45, 7) is 1.10. The van der Waals surface area contributed by atoms with Crippen LogP contribution in [0.1, 0.15) is 6.92 Å². The van der Waals surface area contributed by atoms with Gasteiger partial charge in [0.05, 0.1) is 0 Å². The Kier molecular flexibility index (Phi) is 5.66. The molecule has 3 rings (SSSR count). The lowest BCUT2D eigenvalue weighted by atomic mass is 10.1. The van der Waals surface area contributed by atoms with E-state index in [2.05, 4.69) is 5.32 Å². The molecule has 0 heterocycles. The van der Waals surface area contributed by atoms with Crippen molar-refractivity contribution in [3.8, 4) is 5.75 Å². The lowest BCUT2D eigenvalue weighted by Gasteiger charge is -2.14. The first kappa shape index (κ1) is 18.4. The van der Waals surface area contributed by atoms with Crippen LogP contribution in [0.3, 0.4) is 0 Å². The highest BCUT2D eigenvalue weighted by Crippen LogP contribution is 2.19. The first-order chi connectivity index (χ1) is 13.0. The zero-order valence-corrected chi connectivity index (χ0v) is 14.6. The van der Waals surface area contributed by atoms with Gasteiger partial charge in [-0.2, -0.15) is 0 Å². The van der Waals surface area contributed by atoms with Crippen LogP contribution in [-0.4, -0.2) is 24.6 Å². The minimum atomic E-state index is -0.985. The van der Waals surface area contributed by atoms with Gasteiger partial charge in [0.1, 0.15) is 11.6 Å². The molecule has 0 spiro atoms. The van der Waals surface area contributed by atoms with Crippen LogP contribution < -0.4 is 10.1 Å². The summed E-state index contributed by atoms with van der Waals surface area (Å²) >= 11 is 0. The standard InChI is InChI=1S/C21H18FNO4/c1-14(27-20(24)13-26-19-10-7-17(22)8-11-19)21(25)23-18-9-6-15-4-2-3-5-16(15)12-18/h2-12,14H,13H2,1H3,(H,23,25)/t14-/m1/s1. The van der Waals surface area contributed by atoms with Crippen LogP contribution in [-0.2, 0) is 14.3 Å². The maximum Gasteiger partial charge on any atom is 0.344 e. The lowest BCUT2D eigenvalue weighted by Crippen LogP contribution is -2.31. The van der Waals surface area contributed by atoms with Gasteiger partial charge in [0.15, 0.2) is 12.7 Å². The van der Waals surface area contributed by atoms with Gasteiger partial charge in [-0.1, -0.05) is 30.3 Å². The summed E-state index contributed by atoms with van der Waals surface area (Å²) in [7, 11) is 0. The number of amides is 1. The number of carbonyl (C=O) groups excluding carboxylic acids is 2. The molecule has 0 aliphatic heterocycles. The van der Waals surface area contributed by atoms with Gasteiger partial charge >= 0.3 is 5.97 Å². The zero-order valence-electron chi connectivity index (χ0n) is 14.6. The summed E-state index contributed by atoms with van der Waals surface area (Å²) in [6.07, 6.45) is -0.985. The average Bonchev–Trinajstić information content (AvgIpc) is 2.67. The second-order valence-corrected chi connectivity index (χ2v) is 5.93. The van der Waals surface area contributed by atoms with Crippen LogP contribution >= 0.6 is 0 Å². The number of hydrogen-bond acceptors (Lipinski definition) is 4. The molecule has 1 atom stereocenters. The van der Waals surface area contributed by atoms with E-state index < -0.39 is 23.8 Å². The molecule has 6 heteroatoms. The van der Waals surface area contributed by atoms with Crippen LogP contribution in [0.4, 0.5) is 10.1 Å². The molecule has 0 saturated heterocycles. The highest BCUT2D eigenvalue weighted by Gasteiger charge is 2.18. The number of ether oxygens (including phenoxy) is 2. The predicted octanol–water partition coefficient (Wildman–Crippen LogP) is 3.93. The molecule has 0 aromatic heterocycles.